The van der Waals surface area contributed by atoms with Crippen LogP contribution in [0.3, 0.4) is 0 Å². The van der Waals surface area contributed by atoms with Gasteiger partial charge in [0, 0.05) is 25.1 Å². The minimum Gasteiger partial charge on any atom is -0.341 e. The average molecular weight is 414 g/mol. The molecule has 4 rings (SSSR count). The maximum Gasteiger partial charge on any atom is 0.130 e. The molecule has 1 saturated heterocycles. The number of imidazole rings is 1. The number of likely N-dealkylation sites (tertiary alicyclic amines) is 1. The number of allylic oxidation sites excluding steroid dienone is 3. The van der Waals surface area contributed by atoms with Gasteiger partial charge >= 0.3 is 0 Å². The Morgan fingerprint density at radius 1 is 1.06 bits per heavy atom. The van der Waals surface area contributed by atoms with Crippen LogP contribution in [0.25, 0.3) is 6.08 Å². The maximum absolute atomic E-state index is 4.79. The van der Waals surface area contributed by atoms with E-state index in [-0.39, 0.29) is 0 Å². The van der Waals surface area contributed by atoms with Gasteiger partial charge in [0.15, 0.2) is 0 Å². The van der Waals surface area contributed by atoms with Crippen molar-refractivity contribution < 1.29 is 0 Å². The fourth-order valence-electron chi connectivity index (χ4n) is 4.51. The summed E-state index contributed by atoms with van der Waals surface area (Å²) in [6.45, 7) is 5.14. The molecule has 0 unspecified atom stereocenters. The van der Waals surface area contributed by atoms with Gasteiger partial charge in [0.1, 0.15) is 5.82 Å². The van der Waals surface area contributed by atoms with E-state index >= 15 is 0 Å². The molecule has 3 aromatic rings. The Morgan fingerprint density at radius 2 is 1.94 bits per heavy atom. The molecule has 4 heterocycles. The van der Waals surface area contributed by atoms with E-state index in [1.807, 2.05) is 68.1 Å². The van der Waals surface area contributed by atoms with Crippen LogP contribution in [0.2, 0.25) is 0 Å². The largest absolute Gasteiger partial charge is 0.341 e. The summed E-state index contributed by atoms with van der Waals surface area (Å²) in [5, 5.41) is 0. The van der Waals surface area contributed by atoms with Crippen LogP contribution in [0.15, 0.2) is 67.3 Å². The highest BCUT2D eigenvalue weighted by Crippen LogP contribution is 2.41. The zero-order chi connectivity index (χ0) is 21.5. The number of rotatable bonds is 7. The Morgan fingerprint density at radius 3 is 2.74 bits per heavy atom. The summed E-state index contributed by atoms with van der Waals surface area (Å²) in [7, 11) is 0. The second-order valence-corrected chi connectivity index (χ2v) is 8.13. The van der Waals surface area contributed by atoms with Gasteiger partial charge in [-0.1, -0.05) is 30.4 Å². The van der Waals surface area contributed by atoms with E-state index in [0.29, 0.717) is 12.1 Å². The van der Waals surface area contributed by atoms with E-state index < -0.39 is 0 Å². The molecule has 5 heteroatoms. The van der Waals surface area contributed by atoms with Gasteiger partial charge in [0.2, 0.25) is 0 Å². The normalized spacial score (nSPS) is 20.1. The van der Waals surface area contributed by atoms with Gasteiger partial charge in [-0.15, -0.1) is 0 Å². The number of H-pyrrole nitrogens is 1. The first-order valence-electron chi connectivity index (χ1n) is 11.2. The second kappa shape index (κ2) is 10.3. The standard InChI is InChI=1S/C26H31N5/c1-3-4-5-13-25-29-19-22(30-25)23-11-6-12-24(26-20(2)9-7-16-28-26)31(23)17-14-21-10-8-15-27-18-21/h3-5,7-10,13,15-16,18-19,23-24H,6,11-12,14,17H2,1-2H3,(H,29,30)/b4-3-,13-5-/t23-,24+/m1/s1. The summed E-state index contributed by atoms with van der Waals surface area (Å²) in [4.78, 5) is 19.9. The van der Waals surface area contributed by atoms with Crippen molar-refractivity contribution in [3.63, 3.8) is 0 Å². The number of hydrogen-bond donors (Lipinski definition) is 1. The van der Waals surface area contributed by atoms with Crippen LogP contribution in [0.1, 0.15) is 66.6 Å². The van der Waals surface area contributed by atoms with Crippen molar-refractivity contribution in [1.29, 1.82) is 0 Å². The summed E-state index contributed by atoms with van der Waals surface area (Å²) in [5.41, 5.74) is 4.91. The number of aromatic amines is 1. The third kappa shape index (κ3) is 5.17. The molecule has 1 fully saturated rings. The number of nitrogens with zero attached hydrogens (tertiary/aromatic N) is 4. The molecule has 0 radical (unpaired) electrons. The van der Waals surface area contributed by atoms with Crippen molar-refractivity contribution in [2.45, 2.75) is 51.6 Å². The Bertz CT molecular complexity index is 1020. The highest BCUT2D eigenvalue weighted by Gasteiger charge is 2.34. The predicted octanol–water partition coefficient (Wildman–Crippen LogP) is 5.61. The van der Waals surface area contributed by atoms with Gasteiger partial charge < -0.3 is 4.98 Å². The van der Waals surface area contributed by atoms with E-state index in [0.717, 1.165) is 31.6 Å². The third-order valence-corrected chi connectivity index (χ3v) is 6.03. The maximum atomic E-state index is 4.79. The van der Waals surface area contributed by atoms with E-state index in [1.54, 1.807) is 0 Å². The van der Waals surface area contributed by atoms with Crippen LogP contribution in [-0.2, 0) is 6.42 Å². The van der Waals surface area contributed by atoms with Crippen molar-refractivity contribution in [2.75, 3.05) is 6.54 Å². The number of hydrogen-bond acceptors (Lipinski definition) is 4. The van der Waals surface area contributed by atoms with E-state index in [4.69, 9.17) is 4.98 Å². The van der Waals surface area contributed by atoms with Gasteiger partial charge in [0.05, 0.1) is 29.7 Å². The number of aromatic nitrogens is 4. The molecular weight excluding hydrogens is 382 g/mol. The topological polar surface area (TPSA) is 57.7 Å². The van der Waals surface area contributed by atoms with Crippen molar-refractivity contribution in [2.24, 2.45) is 0 Å². The predicted molar refractivity (Wildman–Crippen MR) is 125 cm³/mol. The van der Waals surface area contributed by atoms with Crippen LogP contribution in [0.5, 0.6) is 0 Å². The minimum absolute atomic E-state index is 0.299. The van der Waals surface area contributed by atoms with Gasteiger partial charge in [0.25, 0.3) is 0 Å². The van der Waals surface area contributed by atoms with Gasteiger partial charge in [-0.3, -0.25) is 14.9 Å². The molecule has 2 atom stereocenters. The molecule has 0 saturated carbocycles. The lowest BCUT2D eigenvalue weighted by atomic mass is 9.90. The number of pyridine rings is 2. The Kier molecular flexibility index (Phi) is 7.05. The third-order valence-electron chi connectivity index (χ3n) is 6.03. The number of aryl methyl sites for hydroxylation is 1. The van der Waals surface area contributed by atoms with Crippen LogP contribution < -0.4 is 0 Å². The van der Waals surface area contributed by atoms with Crippen LogP contribution in [0, 0.1) is 6.92 Å². The monoisotopic (exact) mass is 413 g/mol. The highest BCUT2D eigenvalue weighted by atomic mass is 15.2. The second-order valence-electron chi connectivity index (χ2n) is 8.13. The minimum atomic E-state index is 0.299. The Labute approximate surface area is 185 Å². The Hall–Kier alpha value is -3.05. The summed E-state index contributed by atoms with van der Waals surface area (Å²) in [5.74, 6) is 0.899. The van der Waals surface area contributed by atoms with E-state index in [1.165, 1.54) is 28.9 Å². The summed E-state index contributed by atoms with van der Waals surface area (Å²) in [6.07, 6.45) is 20.2. The fraction of sp³-hybridized carbons (Fsp3) is 0.346. The number of piperidine rings is 1. The molecule has 0 spiro atoms. The van der Waals surface area contributed by atoms with Crippen molar-refractivity contribution >= 4 is 6.08 Å². The molecule has 0 aliphatic carbocycles. The van der Waals surface area contributed by atoms with E-state index in [2.05, 4.69) is 38.9 Å². The molecule has 160 valence electrons. The van der Waals surface area contributed by atoms with E-state index in [9.17, 15) is 0 Å². The smallest absolute Gasteiger partial charge is 0.130 e. The first-order chi connectivity index (χ1) is 15.3. The molecule has 1 aliphatic heterocycles. The summed E-state index contributed by atoms with van der Waals surface area (Å²) in [6, 6.07) is 8.98. The van der Waals surface area contributed by atoms with Gasteiger partial charge in [-0.05, 0) is 68.9 Å². The first-order valence-corrected chi connectivity index (χ1v) is 11.2. The Balaban J connectivity index is 1.62. The summed E-state index contributed by atoms with van der Waals surface area (Å²) < 4.78 is 0. The molecule has 0 amide bonds. The van der Waals surface area contributed by atoms with Gasteiger partial charge in [-0.25, -0.2) is 4.98 Å². The summed E-state index contributed by atoms with van der Waals surface area (Å²) >= 11 is 0. The van der Waals surface area contributed by atoms with Crippen molar-refractivity contribution in [3.8, 4) is 0 Å². The SMILES string of the molecule is C/C=C\C=C/c1ncc([C@H]2CCC[C@@H](c3ncccc3C)N2CCc2cccnc2)[nH]1. The number of nitrogens with one attached hydrogen (secondary N) is 1. The van der Waals surface area contributed by atoms with Crippen LogP contribution in [-0.4, -0.2) is 31.4 Å². The molecule has 0 aromatic carbocycles. The molecule has 1 aliphatic rings. The zero-order valence-corrected chi connectivity index (χ0v) is 18.4. The highest BCUT2D eigenvalue weighted by molar-refractivity contribution is 5.43. The molecular formula is C26H31N5. The zero-order valence-electron chi connectivity index (χ0n) is 18.4. The fourth-order valence-corrected chi connectivity index (χ4v) is 4.51. The molecule has 1 N–H and O–H groups in total. The lowest BCUT2D eigenvalue weighted by Crippen LogP contribution is -2.38. The first kappa shape index (κ1) is 21.2. The van der Waals surface area contributed by atoms with Gasteiger partial charge in [-0.2, -0.15) is 0 Å². The average Bonchev–Trinajstić information content (AvgIpc) is 3.27. The van der Waals surface area contributed by atoms with Crippen molar-refractivity contribution in [3.05, 3.63) is 95.6 Å². The molecule has 0 bridgehead atoms. The molecule has 3 aromatic heterocycles. The molecule has 5 nitrogen and oxygen atoms in total. The quantitative estimate of drug-likeness (QED) is 0.512. The lowest BCUT2D eigenvalue weighted by molar-refractivity contribution is 0.0781. The van der Waals surface area contributed by atoms with Crippen LogP contribution in [0.4, 0.5) is 0 Å². The van der Waals surface area contributed by atoms with Crippen LogP contribution >= 0.6 is 0 Å². The lowest BCUT2D eigenvalue weighted by Gasteiger charge is -2.42. The van der Waals surface area contributed by atoms with Crippen molar-refractivity contribution in [1.82, 2.24) is 24.8 Å². The molecule has 31 heavy (non-hydrogen) atoms.